The van der Waals surface area contributed by atoms with Crippen molar-refractivity contribution in [3.8, 4) is 0 Å². The molecule has 1 aliphatic rings. The van der Waals surface area contributed by atoms with Gasteiger partial charge in [0.1, 0.15) is 5.76 Å². The summed E-state index contributed by atoms with van der Waals surface area (Å²) in [6.45, 7) is 3.62. The smallest absolute Gasteiger partial charge is 0.216 e. The number of halogens is 1. The second-order valence-corrected chi connectivity index (χ2v) is 9.23. The van der Waals surface area contributed by atoms with E-state index in [0.29, 0.717) is 22.3 Å². The molecule has 0 aliphatic heterocycles. The van der Waals surface area contributed by atoms with E-state index in [4.69, 9.17) is 16.1 Å². The van der Waals surface area contributed by atoms with Crippen molar-refractivity contribution >= 4 is 39.0 Å². The summed E-state index contributed by atoms with van der Waals surface area (Å²) in [4.78, 5) is 13.1. The van der Waals surface area contributed by atoms with E-state index in [1.54, 1.807) is 12.1 Å². The van der Waals surface area contributed by atoms with Gasteiger partial charge in [0.05, 0.1) is 9.92 Å². The molecule has 1 aromatic carbocycles. The summed E-state index contributed by atoms with van der Waals surface area (Å²) in [6.07, 6.45) is 4.73. The van der Waals surface area contributed by atoms with Crippen LogP contribution >= 0.6 is 23.4 Å². The highest BCUT2D eigenvalue weighted by Crippen LogP contribution is 2.41. The van der Waals surface area contributed by atoms with Gasteiger partial charge in [0.2, 0.25) is 5.78 Å². The van der Waals surface area contributed by atoms with E-state index in [2.05, 4.69) is 11.7 Å². The van der Waals surface area contributed by atoms with E-state index in [-0.39, 0.29) is 21.2 Å². The van der Waals surface area contributed by atoms with Gasteiger partial charge in [-0.05, 0) is 25.0 Å². The lowest BCUT2D eigenvalue weighted by Crippen LogP contribution is -2.11. The van der Waals surface area contributed by atoms with Gasteiger partial charge in [-0.15, -0.1) is 18.3 Å². The number of hydrogen-bond acceptors (Lipinski definition) is 6. The molecule has 0 spiro atoms. The molecule has 1 aliphatic carbocycles. The Morgan fingerprint density at radius 2 is 2.20 bits per heavy atom. The lowest BCUT2D eigenvalue weighted by molar-refractivity contribution is 0.102. The molecule has 25 heavy (non-hydrogen) atoms. The molecule has 0 N–H and O–H groups in total. The van der Waals surface area contributed by atoms with Crippen molar-refractivity contribution in [2.45, 2.75) is 28.6 Å². The van der Waals surface area contributed by atoms with Crippen LogP contribution in [0.3, 0.4) is 0 Å². The van der Waals surface area contributed by atoms with Gasteiger partial charge in [0.15, 0.2) is 15.5 Å². The molecule has 1 saturated carbocycles. The van der Waals surface area contributed by atoms with Crippen molar-refractivity contribution in [3.05, 3.63) is 52.9 Å². The lowest BCUT2D eigenvalue weighted by Gasteiger charge is -2.13. The number of sulfone groups is 1. The van der Waals surface area contributed by atoms with Gasteiger partial charge < -0.3 is 4.52 Å². The van der Waals surface area contributed by atoms with Crippen LogP contribution in [0.25, 0.3) is 0 Å². The van der Waals surface area contributed by atoms with Crippen molar-refractivity contribution in [2.75, 3.05) is 12.0 Å². The average Bonchev–Trinajstić information content (AvgIpc) is 3.29. The molecular formula is C17H16ClNO4S2. The van der Waals surface area contributed by atoms with Crippen LogP contribution in [0.4, 0.5) is 0 Å². The molecular weight excluding hydrogens is 382 g/mol. The summed E-state index contributed by atoms with van der Waals surface area (Å²) >= 11 is 7.40. The van der Waals surface area contributed by atoms with Gasteiger partial charge >= 0.3 is 0 Å². The minimum atomic E-state index is -3.69. The minimum absolute atomic E-state index is 0.0501. The van der Waals surface area contributed by atoms with Gasteiger partial charge in [0, 0.05) is 34.5 Å². The highest BCUT2D eigenvalue weighted by atomic mass is 35.5. The van der Waals surface area contributed by atoms with E-state index in [0.717, 1.165) is 19.1 Å². The normalized spacial score (nSPS) is 14.5. The zero-order chi connectivity index (χ0) is 18.2. The van der Waals surface area contributed by atoms with Crippen molar-refractivity contribution in [3.63, 3.8) is 0 Å². The van der Waals surface area contributed by atoms with Crippen LogP contribution in [-0.4, -0.2) is 31.4 Å². The topological polar surface area (TPSA) is 77.2 Å². The molecule has 0 atom stereocenters. The number of rotatable bonds is 7. The summed E-state index contributed by atoms with van der Waals surface area (Å²) in [5, 5.41) is 4.10. The van der Waals surface area contributed by atoms with Crippen LogP contribution in [0, 0.1) is 0 Å². The number of hydrogen-bond donors (Lipinski definition) is 0. The van der Waals surface area contributed by atoms with Crippen LogP contribution in [0.1, 0.15) is 40.6 Å². The molecule has 1 aromatic heterocycles. The van der Waals surface area contributed by atoms with Crippen molar-refractivity contribution < 1.29 is 17.7 Å². The molecule has 0 bridgehead atoms. The number of carbonyl (C=O) groups is 1. The second kappa shape index (κ2) is 6.97. The van der Waals surface area contributed by atoms with E-state index in [1.807, 2.05) is 0 Å². The van der Waals surface area contributed by atoms with E-state index < -0.39 is 15.6 Å². The number of carbonyl (C=O) groups excluding carboxylic acids is 1. The third-order valence-electron chi connectivity index (χ3n) is 3.77. The second-order valence-electron chi connectivity index (χ2n) is 5.84. The predicted octanol–water partition coefficient (Wildman–Crippen LogP) is 4.12. The number of ketones is 1. The average molecular weight is 398 g/mol. The largest absolute Gasteiger partial charge is 0.360 e. The first-order valence-corrected chi connectivity index (χ1v) is 10.9. The number of aromatic nitrogens is 1. The summed E-state index contributed by atoms with van der Waals surface area (Å²) in [7, 11) is -3.69. The Morgan fingerprint density at radius 1 is 1.48 bits per heavy atom. The fourth-order valence-electron chi connectivity index (χ4n) is 2.46. The summed E-state index contributed by atoms with van der Waals surface area (Å²) in [5.41, 5.74) is 0.155. The Morgan fingerprint density at radius 3 is 2.80 bits per heavy atom. The van der Waals surface area contributed by atoms with Crippen molar-refractivity contribution in [1.29, 1.82) is 0 Å². The standard InChI is InChI=1S/C17H16ClNO4S2/c1-3-8-24-16-12(18)7-6-11(17(16)25(2,21)22)15(20)13-9-14(23-19-13)10-4-5-10/h3,6-7,9-10H,1,4-5,8H2,2H3. The molecule has 0 unspecified atom stereocenters. The van der Waals surface area contributed by atoms with Gasteiger partial charge in [-0.1, -0.05) is 22.8 Å². The van der Waals surface area contributed by atoms with E-state index >= 15 is 0 Å². The first-order chi connectivity index (χ1) is 11.8. The fraction of sp³-hybridized carbons (Fsp3) is 0.294. The Hall–Kier alpha value is -1.57. The zero-order valence-corrected chi connectivity index (χ0v) is 15.9. The maximum atomic E-state index is 12.8. The molecule has 8 heteroatoms. The molecule has 0 amide bonds. The first kappa shape index (κ1) is 18.2. The highest BCUT2D eigenvalue weighted by Gasteiger charge is 2.31. The predicted molar refractivity (Wildman–Crippen MR) is 97.4 cm³/mol. The molecule has 1 fully saturated rings. The van der Waals surface area contributed by atoms with Crippen LogP contribution in [-0.2, 0) is 9.84 Å². The Balaban J connectivity index is 2.10. The van der Waals surface area contributed by atoms with Crippen LogP contribution in [0.5, 0.6) is 0 Å². The third kappa shape index (κ3) is 3.83. The Kier molecular flexibility index (Phi) is 5.09. The zero-order valence-electron chi connectivity index (χ0n) is 13.5. The maximum absolute atomic E-state index is 12.8. The Bertz CT molecular complexity index is 946. The fourth-order valence-corrected chi connectivity index (χ4v) is 5.20. The quantitative estimate of drug-likeness (QED) is 0.397. The number of benzene rings is 1. The van der Waals surface area contributed by atoms with Crippen LogP contribution in [0.2, 0.25) is 5.02 Å². The Labute approximate surface area is 155 Å². The van der Waals surface area contributed by atoms with Gasteiger partial charge in [-0.2, -0.15) is 0 Å². The molecule has 1 heterocycles. The summed E-state index contributed by atoms with van der Waals surface area (Å²) < 4.78 is 29.9. The van der Waals surface area contributed by atoms with E-state index in [1.165, 1.54) is 23.9 Å². The first-order valence-electron chi connectivity index (χ1n) is 7.60. The third-order valence-corrected chi connectivity index (χ3v) is 6.60. The highest BCUT2D eigenvalue weighted by molar-refractivity contribution is 8.00. The minimum Gasteiger partial charge on any atom is -0.360 e. The lowest BCUT2D eigenvalue weighted by atomic mass is 10.1. The van der Waals surface area contributed by atoms with Gasteiger partial charge in [-0.25, -0.2) is 8.42 Å². The van der Waals surface area contributed by atoms with E-state index in [9.17, 15) is 13.2 Å². The summed E-state index contributed by atoms with van der Waals surface area (Å²) in [6, 6.07) is 4.54. The van der Waals surface area contributed by atoms with Crippen molar-refractivity contribution in [1.82, 2.24) is 5.16 Å². The summed E-state index contributed by atoms with van der Waals surface area (Å²) in [5.74, 6) is 0.954. The molecule has 5 nitrogen and oxygen atoms in total. The monoisotopic (exact) mass is 397 g/mol. The molecule has 2 aromatic rings. The number of thioether (sulfide) groups is 1. The number of nitrogens with zero attached hydrogens (tertiary/aromatic N) is 1. The molecule has 3 rings (SSSR count). The van der Waals surface area contributed by atoms with Crippen LogP contribution < -0.4 is 0 Å². The van der Waals surface area contributed by atoms with Gasteiger partial charge in [-0.3, -0.25) is 4.79 Å². The SMILES string of the molecule is C=CCSc1c(Cl)ccc(C(=O)c2cc(C3CC3)on2)c1S(C)(=O)=O. The molecule has 0 radical (unpaired) electrons. The molecule has 0 saturated heterocycles. The molecule has 132 valence electrons. The maximum Gasteiger partial charge on any atom is 0.216 e. The van der Waals surface area contributed by atoms with Crippen LogP contribution in [0.15, 0.2) is 45.2 Å². The van der Waals surface area contributed by atoms with Crippen molar-refractivity contribution in [2.24, 2.45) is 0 Å². The van der Waals surface area contributed by atoms with Gasteiger partial charge in [0.25, 0.3) is 0 Å².